The molecule has 0 saturated heterocycles. The summed E-state index contributed by atoms with van der Waals surface area (Å²) in [5, 5.41) is 11.6. The van der Waals surface area contributed by atoms with Crippen molar-refractivity contribution in [1.29, 1.82) is 0 Å². The standard InChI is InChI=1S/C28H24FN5O4S/c29-22-12-10-20(11-13-22)16-33-18-23(31-32-33)19-34-17-21-5-1-2-8-26(21)38-27-9-3-7-25(28(27)39(34,35)36)30-15-24-6-4-14-37-24/h1-14,18,30H,15-17,19H2. The zero-order chi connectivity index (χ0) is 26.8. The molecule has 1 aliphatic heterocycles. The SMILES string of the molecule is O=S1(=O)c2c(NCc3ccco3)cccc2Oc2ccccc2CN1Cc1cn(Cc2ccc(F)cc2)nn1. The van der Waals surface area contributed by atoms with Gasteiger partial charge >= 0.3 is 0 Å². The second kappa shape index (κ2) is 10.4. The van der Waals surface area contributed by atoms with Crippen molar-refractivity contribution in [3.8, 4) is 11.5 Å². The summed E-state index contributed by atoms with van der Waals surface area (Å²) in [7, 11) is -4.06. The smallest absolute Gasteiger partial charge is 0.249 e. The molecular weight excluding hydrogens is 521 g/mol. The summed E-state index contributed by atoms with van der Waals surface area (Å²) in [5.74, 6) is 1.14. The number of ether oxygens (including phenoxy) is 1. The van der Waals surface area contributed by atoms with Gasteiger partial charge in [0.25, 0.3) is 0 Å². The Labute approximate surface area is 224 Å². The number of furan rings is 1. The Kier molecular flexibility index (Phi) is 6.59. The van der Waals surface area contributed by atoms with Gasteiger partial charge < -0.3 is 14.5 Å². The van der Waals surface area contributed by atoms with E-state index in [1.165, 1.54) is 16.4 Å². The Morgan fingerprint density at radius 2 is 1.74 bits per heavy atom. The Hall–Kier alpha value is -4.48. The molecular formula is C28H24FN5O4S. The number of benzene rings is 3. The van der Waals surface area contributed by atoms with Gasteiger partial charge in [0.1, 0.15) is 28.0 Å². The molecule has 198 valence electrons. The number of aromatic nitrogens is 3. The first-order valence-electron chi connectivity index (χ1n) is 12.2. The summed E-state index contributed by atoms with van der Waals surface area (Å²) in [6.07, 6.45) is 3.26. The number of sulfonamides is 1. The van der Waals surface area contributed by atoms with E-state index in [0.29, 0.717) is 36.0 Å². The second-order valence-corrected chi connectivity index (χ2v) is 11.0. The fourth-order valence-electron chi connectivity index (χ4n) is 4.44. The maximum Gasteiger partial charge on any atom is 0.249 e. The molecule has 0 bridgehead atoms. The van der Waals surface area contributed by atoms with Crippen molar-refractivity contribution in [1.82, 2.24) is 19.3 Å². The summed E-state index contributed by atoms with van der Waals surface area (Å²) in [4.78, 5) is 0.0322. The van der Waals surface area contributed by atoms with Crippen LogP contribution >= 0.6 is 0 Å². The molecule has 1 N–H and O–H groups in total. The van der Waals surface area contributed by atoms with E-state index in [-0.39, 0.29) is 29.6 Å². The summed E-state index contributed by atoms with van der Waals surface area (Å²) in [6.45, 7) is 0.745. The third-order valence-corrected chi connectivity index (χ3v) is 8.21. The number of hydrogen-bond donors (Lipinski definition) is 1. The third-order valence-electron chi connectivity index (χ3n) is 6.33. The third kappa shape index (κ3) is 5.27. The van der Waals surface area contributed by atoms with Gasteiger partial charge in [0.05, 0.1) is 43.5 Å². The number of nitrogens with one attached hydrogen (secondary N) is 1. The van der Waals surface area contributed by atoms with E-state index >= 15 is 0 Å². The van der Waals surface area contributed by atoms with E-state index in [9.17, 15) is 12.8 Å². The average Bonchev–Trinajstić information content (AvgIpc) is 3.61. The molecule has 5 aromatic rings. The van der Waals surface area contributed by atoms with Crippen LogP contribution in [0, 0.1) is 5.82 Å². The molecule has 0 saturated carbocycles. The zero-order valence-corrected chi connectivity index (χ0v) is 21.5. The number of halogens is 1. The molecule has 11 heteroatoms. The van der Waals surface area contributed by atoms with Crippen molar-refractivity contribution in [2.24, 2.45) is 0 Å². The molecule has 9 nitrogen and oxygen atoms in total. The molecule has 0 amide bonds. The van der Waals surface area contributed by atoms with Crippen LogP contribution in [-0.4, -0.2) is 27.7 Å². The summed E-state index contributed by atoms with van der Waals surface area (Å²) in [5.41, 5.74) is 2.44. The molecule has 0 spiro atoms. The van der Waals surface area contributed by atoms with E-state index in [1.54, 1.807) is 53.5 Å². The average molecular weight is 546 g/mol. The van der Waals surface area contributed by atoms with Crippen molar-refractivity contribution in [3.63, 3.8) is 0 Å². The van der Waals surface area contributed by atoms with Crippen LogP contribution in [0.25, 0.3) is 0 Å². The molecule has 0 radical (unpaired) electrons. The first-order chi connectivity index (χ1) is 19.0. The van der Waals surface area contributed by atoms with Crippen LogP contribution in [0.3, 0.4) is 0 Å². The van der Waals surface area contributed by atoms with E-state index in [0.717, 1.165) is 11.1 Å². The highest BCUT2D eigenvalue weighted by atomic mass is 32.2. The first kappa shape index (κ1) is 24.8. The van der Waals surface area contributed by atoms with Gasteiger partial charge in [-0.1, -0.05) is 41.6 Å². The van der Waals surface area contributed by atoms with Crippen LogP contribution in [0.4, 0.5) is 10.1 Å². The van der Waals surface area contributed by atoms with E-state index in [4.69, 9.17) is 9.15 Å². The Bertz CT molecular complexity index is 1700. The van der Waals surface area contributed by atoms with Crippen LogP contribution in [-0.2, 0) is 36.2 Å². The van der Waals surface area contributed by atoms with Gasteiger partial charge in [-0.15, -0.1) is 5.10 Å². The zero-order valence-electron chi connectivity index (χ0n) is 20.7. The highest BCUT2D eigenvalue weighted by Gasteiger charge is 2.34. The Morgan fingerprint density at radius 3 is 2.56 bits per heavy atom. The summed E-state index contributed by atoms with van der Waals surface area (Å²) < 4.78 is 56.2. The minimum Gasteiger partial charge on any atom is -0.467 e. The van der Waals surface area contributed by atoms with Crippen LogP contribution in [0.2, 0.25) is 0 Å². The van der Waals surface area contributed by atoms with Crippen LogP contribution in [0.1, 0.15) is 22.6 Å². The van der Waals surface area contributed by atoms with Crippen molar-refractivity contribution in [2.75, 3.05) is 5.32 Å². The number of anilines is 1. The molecule has 39 heavy (non-hydrogen) atoms. The molecule has 0 aliphatic carbocycles. The maximum atomic E-state index is 14.2. The highest BCUT2D eigenvalue weighted by Crippen LogP contribution is 2.41. The molecule has 3 heterocycles. The molecule has 6 rings (SSSR count). The van der Waals surface area contributed by atoms with Crippen LogP contribution < -0.4 is 10.1 Å². The topological polar surface area (TPSA) is 102 Å². The fraction of sp³-hybridized carbons (Fsp3) is 0.143. The molecule has 2 aromatic heterocycles. The monoisotopic (exact) mass is 545 g/mol. The van der Waals surface area contributed by atoms with Crippen molar-refractivity contribution < 1.29 is 22.0 Å². The highest BCUT2D eigenvalue weighted by molar-refractivity contribution is 7.89. The van der Waals surface area contributed by atoms with Gasteiger partial charge in [-0.2, -0.15) is 4.31 Å². The van der Waals surface area contributed by atoms with Gasteiger partial charge in [-0.3, -0.25) is 0 Å². The predicted molar refractivity (Wildman–Crippen MR) is 141 cm³/mol. The van der Waals surface area contributed by atoms with E-state index < -0.39 is 10.0 Å². The lowest BCUT2D eigenvalue weighted by Gasteiger charge is -2.28. The normalized spacial score (nSPS) is 14.5. The number of fused-ring (bicyclic) bond motifs is 2. The maximum absolute atomic E-state index is 14.2. The largest absolute Gasteiger partial charge is 0.467 e. The molecule has 3 aromatic carbocycles. The van der Waals surface area contributed by atoms with Gasteiger partial charge in [-0.25, -0.2) is 17.5 Å². The molecule has 0 fully saturated rings. The molecule has 0 unspecified atom stereocenters. The van der Waals surface area contributed by atoms with Crippen molar-refractivity contribution >= 4 is 15.7 Å². The van der Waals surface area contributed by atoms with Crippen molar-refractivity contribution in [2.45, 2.75) is 31.1 Å². The molecule has 0 atom stereocenters. The number of hydrogen-bond acceptors (Lipinski definition) is 7. The predicted octanol–water partition coefficient (Wildman–Crippen LogP) is 5.17. The Morgan fingerprint density at radius 1 is 0.923 bits per heavy atom. The number of para-hydroxylation sites is 1. The van der Waals surface area contributed by atoms with E-state index in [2.05, 4.69) is 15.6 Å². The quantitative estimate of drug-likeness (QED) is 0.301. The lowest BCUT2D eigenvalue weighted by Crippen LogP contribution is -2.32. The number of nitrogens with zero attached hydrogens (tertiary/aromatic N) is 4. The summed E-state index contributed by atoms with van der Waals surface area (Å²) >= 11 is 0. The van der Waals surface area contributed by atoms with E-state index in [1.807, 2.05) is 30.3 Å². The lowest BCUT2D eigenvalue weighted by atomic mass is 10.2. The van der Waals surface area contributed by atoms with Gasteiger partial charge in [0.2, 0.25) is 10.0 Å². The fourth-order valence-corrected chi connectivity index (χ4v) is 6.09. The van der Waals surface area contributed by atoms with Gasteiger partial charge in [0, 0.05) is 12.1 Å². The van der Waals surface area contributed by atoms with Crippen molar-refractivity contribution in [3.05, 3.63) is 120 Å². The lowest BCUT2D eigenvalue weighted by molar-refractivity contribution is 0.372. The van der Waals surface area contributed by atoms with Gasteiger partial charge in [-0.05, 0) is 48.0 Å². The van der Waals surface area contributed by atoms with Crippen LogP contribution in [0.15, 0.2) is 101 Å². The Balaban J connectivity index is 1.34. The minimum absolute atomic E-state index is 0.00789. The first-order valence-corrected chi connectivity index (χ1v) is 13.7. The second-order valence-electron chi connectivity index (χ2n) is 9.08. The summed E-state index contributed by atoms with van der Waals surface area (Å²) in [6, 6.07) is 22.1. The van der Waals surface area contributed by atoms with Crippen LogP contribution in [0.5, 0.6) is 11.5 Å². The minimum atomic E-state index is -4.06. The molecule has 1 aliphatic rings. The van der Waals surface area contributed by atoms with Gasteiger partial charge in [0.15, 0.2) is 0 Å². The number of rotatable bonds is 7.